The molecule has 1 aliphatic heterocycles. The number of nitrogens with zero attached hydrogens (tertiary/aromatic N) is 1. The third-order valence-corrected chi connectivity index (χ3v) is 6.88. The normalized spacial score (nSPS) is 18.1. The highest BCUT2D eigenvalue weighted by atomic mass is 32.2. The summed E-state index contributed by atoms with van der Waals surface area (Å²) in [4.78, 5) is 14.4. The first kappa shape index (κ1) is 22.6. The molecule has 1 saturated heterocycles. The average Bonchev–Trinajstić information content (AvgIpc) is 2.61. The van der Waals surface area contributed by atoms with Crippen LogP contribution in [0.4, 0.5) is 11.4 Å². The van der Waals surface area contributed by atoms with Gasteiger partial charge in [0.25, 0.3) is 0 Å². The Kier molecular flexibility index (Phi) is 7.86. The maximum atomic E-state index is 12.1. The molecule has 1 heterocycles. The molecule has 1 atom stereocenters. The topological polar surface area (TPSA) is 87.7 Å². The SMILES string of the molecule is C[C@@H]1CN(c2ccc(NC(=O)CCCCNS(=O)(=O)C(C)(C)C)cc2)CCO1. The van der Waals surface area contributed by atoms with Crippen LogP contribution in [0.1, 0.15) is 47.0 Å². The fourth-order valence-corrected chi connectivity index (χ4v) is 3.71. The van der Waals surface area contributed by atoms with E-state index in [0.29, 0.717) is 25.8 Å². The zero-order valence-corrected chi connectivity index (χ0v) is 18.1. The maximum Gasteiger partial charge on any atom is 0.224 e. The van der Waals surface area contributed by atoms with E-state index in [1.807, 2.05) is 24.3 Å². The smallest absolute Gasteiger partial charge is 0.224 e. The van der Waals surface area contributed by atoms with E-state index >= 15 is 0 Å². The van der Waals surface area contributed by atoms with Crippen LogP contribution in [0.5, 0.6) is 0 Å². The van der Waals surface area contributed by atoms with Gasteiger partial charge < -0.3 is 15.0 Å². The Labute approximate surface area is 168 Å². The van der Waals surface area contributed by atoms with Crippen molar-refractivity contribution in [2.45, 2.75) is 57.8 Å². The summed E-state index contributed by atoms with van der Waals surface area (Å²) in [6, 6.07) is 7.83. The summed E-state index contributed by atoms with van der Waals surface area (Å²) in [6.45, 7) is 9.86. The number of hydrogen-bond donors (Lipinski definition) is 2. The Morgan fingerprint density at radius 2 is 1.89 bits per heavy atom. The fourth-order valence-electron chi connectivity index (χ4n) is 2.87. The molecule has 0 spiro atoms. The highest BCUT2D eigenvalue weighted by Gasteiger charge is 2.28. The van der Waals surface area contributed by atoms with Gasteiger partial charge in [-0.25, -0.2) is 13.1 Å². The molecule has 1 aromatic rings. The summed E-state index contributed by atoms with van der Waals surface area (Å²) in [5.74, 6) is -0.0635. The predicted octanol–water partition coefficient (Wildman–Crippen LogP) is 2.74. The third-order valence-electron chi connectivity index (χ3n) is 4.69. The molecule has 1 fully saturated rings. The molecule has 2 rings (SSSR count). The number of carbonyl (C=O) groups is 1. The van der Waals surface area contributed by atoms with Crippen molar-refractivity contribution in [3.63, 3.8) is 0 Å². The number of benzene rings is 1. The molecule has 1 amide bonds. The third kappa shape index (κ3) is 6.76. The Morgan fingerprint density at radius 1 is 1.21 bits per heavy atom. The number of unbranched alkanes of at least 4 members (excludes halogenated alkanes) is 1. The standard InChI is InChI=1S/C20H33N3O4S/c1-16-15-23(13-14-27-16)18-10-8-17(9-11-18)22-19(24)7-5-6-12-21-28(25,26)20(2,3)4/h8-11,16,21H,5-7,12-15H2,1-4H3,(H,22,24)/t16-/m1/s1. The van der Waals surface area contributed by atoms with E-state index in [4.69, 9.17) is 4.74 Å². The van der Waals surface area contributed by atoms with E-state index < -0.39 is 14.8 Å². The van der Waals surface area contributed by atoms with Crippen LogP contribution >= 0.6 is 0 Å². The molecule has 28 heavy (non-hydrogen) atoms. The van der Waals surface area contributed by atoms with Crippen LogP contribution in [0.2, 0.25) is 0 Å². The van der Waals surface area contributed by atoms with Crippen molar-refractivity contribution in [1.29, 1.82) is 0 Å². The average molecular weight is 412 g/mol. The summed E-state index contributed by atoms with van der Waals surface area (Å²) in [5.41, 5.74) is 1.89. The summed E-state index contributed by atoms with van der Waals surface area (Å²) in [5, 5.41) is 2.89. The molecule has 1 aliphatic rings. The number of nitrogens with one attached hydrogen (secondary N) is 2. The number of morpholine rings is 1. The summed E-state index contributed by atoms with van der Waals surface area (Å²) in [6.07, 6.45) is 1.83. The molecular weight excluding hydrogens is 378 g/mol. The van der Waals surface area contributed by atoms with Crippen molar-refractivity contribution in [2.24, 2.45) is 0 Å². The van der Waals surface area contributed by atoms with Crippen molar-refractivity contribution in [2.75, 3.05) is 36.5 Å². The van der Waals surface area contributed by atoms with Gasteiger partial charge in [-0.3, -0.25) is 4.79 Å². The molecule has 0 saturated carbocycles. The van der Waals surface area contributed by atoms with Crippen molar-refractivity contribution in [1.82, 2.24) is 4.72 Å². The Hall–Kier alpha value is -1.64. The number of sulfonamides is 1. The van der Waals surface area contributed by atoms with Crippen molar-refractivity contribution in [3.8, 4) is 0 Å². The molecule has 0 aliphatic carbocycles. The van der Waals surface area contributed by atoms with Crippen molar-refractivity contribution < 1.29 is 17.9 Å². The van der Waals surface area contributed by atoms with Gasteiger partial charge in [0, 0.05) is 37.4 Å². The minimum Gasteiger partial charge on any atom is -0.375 e. The van der Waals surface area contributed by atoms with Gasteiger partial charge in [0.05, 0.1) is 17.5 Å². The maximum absolute atomic E-state index is 12.1. The van der Waals surface area contributed by atoms with E-state index in [-0.39, 0.29) is 12.0 Å². The van der Waals surface area contributed by atoms with Crippen LogP contribution in [0.15, 0.2) is 24.3 Å². The molecule has 158 valence electrons. The van der Waals surface area contributed by atoms with Gasteiger partial charge in [0.15, 0.2) is 0 Å². The molecule has 8 heteroatoms. The van der Waals surface area contributed by atoms with Gasteiger partial charge in [-0.1, -0.05) is 0 Å². The number of carbonyl (C=O) groups excluding carboxylic acids is 1. The minimum atomic E-state index is -3.33. The van der Waals surface area contributed by atoms with E-state index in [1.54, 1.807) is 20.8 Å². The second-order valence-electron chi connectivity index (χ2n) is 8.19. The largest absolute Gasteiger partial charge is 0.375 e. The van der Waals surface area contributed by atoms with Crippen LogP contribution < -0.4 is 14.9 Å². The Morgan fingerprint density at radius 3 is 2.50 bits per heavy atom. The van der Waals surface area contributed by atoms with Gasteiger partial charge in [0.1, 0.15) is 0 Å². The summed E-state index contributed by atoms with van der Waals surface area (Å²) >= 11 is 0. The van der Waals surface area contributed by atoms with Crippen LogP contribution in [-0.2, 0) is 19.6 Å². The van der Waals surface area contributed by atoms with Gasteiger partial charge in [-0.15, -0.1) is 0 Å². The molecule has 0 aromatic heterocycles. The quantitative estimate of drug-likeness (QED) is 0.642. The highest BCUT2D eigenvalue weighted by Crippen LogP contribution is 2.20. The number of anilines is 2. The van der Waals surface area contributed by atoms with Crippen molar-refractivity contribution >= 4 is 27.3 Å². The molecule has 0 radical (unpaired) electrons. The monoisotopic (exact) mass is 411 g/mol. The minimum absolute atomic E-state index is 0.0635. The van der Waals surface area contributed by atoms with Gasteiger partial charge in [-0.2, -0.15) is 0 Å². The van der Waals surface area contributed by atoms with Crippen LogP contribution in [0, 0.1) is 0 Å². The lowest BCUT2D eigenvalue weighted by molar-refractivity contribution is -0.116. The molecule has 2 N–H and O–H groups in total. The highest BCUT2D eigenvalue weighted by molar-refractivity contribution is 7.90. The number of ether oxygens (including phenoxy) is 1. The lowest BCUT2D eigenvalue weighted by Gasteiger charge is -2.33. The second-order valence-corrected chi connectivity index (χ2v) is 10.7. The van der Waals surface area contributed by atoms with E-state index in [1.165, 1.54) is 0 Å². The predicted molar refractivity (Wildman–Crippen MR) is 113 cm³/mol. The van der Waals surface area contributed by atoms with Crippen molar-refractivity contribution in [3.05, 3.63) is 24.3 Å². The molecule has 0 unspecified atom stereocenters. The summed E-state index contributed by atoms with van der Waals surface area (Å²) < 4.78 is 31.2. The van der Waals surface area contributed by atoms with E-state index in [2.05, 4.69) is 21.9 Å². The molecule has 7 nitrogen and oxygen atoms in total. The lowest BCUT2D eigenvalue weighted by atomic mass is 10.2. The molecular formula is C20H33N3O4S. The molecule has 0 bridgehead atoms. The fraction of sp³-hybridized carbons (Fsp3) is 0.650. The van der Waals surface area contributed by atoms with Gasteiger partial charge >= 0.3 is 0 Å². The van der Waals surface area contributed by atoms with E-state index in [0.717, 1.165) is 31.1 Å². The molecule has 1 aromatic carbocycles. The van der Waals surface area contributed by atoms with E-state index in [9.17, 15) is 13.2 Å². The van der Waals surface area contributed by atoms with Crippen LogP contribution in [-0.4, -0.2) is 51.4 Å². The zero-order chi connectivity index (χ0) is 20.8. The number of amides is 1. The summed E-state index contributed by atoms with van der Waals surface area (Å²) in [7, 11) is -3.33. The first-order valence-corrected chi connectivity index (χ1v) is 11.3. The Bertz CT molecular complexity index is 742. The lowest BCUT2D eigenvalue weighted by Crippen LogP contribution is -2.41. The van der Waals surface area contributed by atoms with Gasteiger partial charge in [0.2, 0.25) is 15.9 Å². The van der Waals surface area contributed by atoms with Crippen LogP contribution in [0.25, 0.3) is 0 Å². The Balaban J connectivity index is 1.70. The first-order valence-electron chi connectivity index (χ1n) is 9.84. The second kappa shape index (κ2) is 9.71. The number of rotatable bonds is 8. The first-order chi connectivity index (χ1) is 13.1. The van der Waals surface area contributed by atoms with Crippen LogP contribution in [0.3, 0.4) is 0 Å². The van der Waals surface area contributed by atoms with Gasteiger partial charge in [-0.05, 0) is 64.8 Å². The zero-order valence-electron chi connectivity index (χ0n) is 17.3. The number of hydrogen-bond acceptors (Lipinski definition) is 5.